The summed E-state index contributed by atoms with van der Waals surface area (Å²) in [5.74, 6) is 0.801. The van der Waals surface area contributed by atoms with Crippen molar-refractivity contribution in [3.8, 4) is 0 Å². The minimum Gasteiger partial charge on any atom is -0.296 e. The van der Waals surface area contributed by atoms with Gasteiger partial charge in [0.05, 0.1) is 0 Å². The first-order chi connectivity index (χ1) is 6.90. The smallest absolute Gasteiger partial charge is 0.00748 e. The molecular formula is C14H31N. The lowest BCUT2D eigenvalue weighted by Gasteiger charge is -2.38. The summed E-state index contributed by atoms with van der Waals surface area (Å²) in [6.45, 7) is 16.3. The van der Waals surface area contributed by atoms with Crippen molar-refractivity contribution in [3.05, 3.63) is 0 Å². The Labute approximate surface area is 97.2 Å². The van der Waals surface area contributed by atoms with Crippen LogP contribution in [0.2, 0.25) is 0 Å². The molecule has 92 valence electrons. The second-order valence-electron chi connectivity index (χ2n) is 5.66. The number of nitrogens with zero attached hydrogens (tertiary/aromatic N) is 1. The summed E-state index contributed by atoms with van der Waals surface area (Å²) in [5, 5.41) is 0. The van der Waals surface area contributed by atoms with E-state index in [4.69, 9.17) is 0 Å². The minimum absolute atomic E-state index is 0.667. The Morgan fingerprint density at radius 2 is 1.40 bits per heavy atom. The second kappa shape index (κ2) is 7.27. The molecule has 0 aromatic carbocycles. The number of hydrogen-bond donors (Lipinski definition) is 0. The molecule has 0 radical (unpaired) electrons. The molecule has 1 nitrogen and oxygen atoms in total. The second-order valence-corrected chi connectivity index (χ2v) is 5.66. The molecule has 0 saturated heterocycles. The summed E-state index contributed by atoms with van der Waals surface area (Å²) in [6.07, 6.45) is 3.92. The van der Waals surface area contributed by atoms with Crippen LogP contribution in [0.4, 0.5) is 0 Å². The first kappa shape index (κ1) is 15.0. The number of hydrogen-bond acceptors (Lipinski definition) is 1. The molecule has 0 saturated carbocycles. The highest BCUT2D eigenvalue weighted by Crippen LogP contribution is 2.19. The van der Waals surface area contributed by atoms with E-state index in [2.05, 4.69) is 53.4 Å². The van der Waals surface area contributed by atoms with Gasteiger partial charge >= 0.3 is 0 Å². The molecular weight excluding hydrogens is 182 g/mol. The van der Waals surface area contributed by atoms with Gasteiger partial charge in [-0.25, -0.2) is 0 Å². The molecule has 0 bridgehead atoms. The van der Waals surface area contributed by atoms with Crippen LogP contribution in [0.1, 0.15) is 67.7 Å². The summed E-state index contributed by atoms with van der Waals surface area (Å²) in [6, 6.07) is 2.11. The fraction of sp³-hybridized carbons (Fsp3) is 1.00. The van der Waals surface area contributed by atoms with E-state index in [1.54, 1.807) is 0 Å². The molecule has 0 rings (SSSR count). The molecule has 0 spiro atoms. The van der Waals surface area contributed by atoms with Gasteiger partial charge in [0.25, 0.3) is 0 Å². The molecule has 2 unspecified atom stereocenters. The van der Waals surface area contributed by atoms with Gasteiger partial charge in [0.1, 0.15) is 0 Å². The van der Waals surface area contributed by atoms with E-state index in [0.29, 0.717) is 12.1 Å². The standard InChI is InChI=1S/C14H31N/c1-8-9-13(6)15(12(4)5)14(7)10-11(2)3/h11-14H,8-10H2,1-7H3. The average Bonchev–Trinajstić information content (AvgIpc) is 2.01. The van der Waals surface area contributed by atoms with E-state index < -0.39 is 0 Å². The van der Waals surface area contributed by atoms with Crippen molar-refractivity contribution in [1.82, 2.24) is 4.90 Å². The zero-order chi connectivity index (χ0) is 12.0. The maximum absolute atomic E-state index is 2.68. The predicted octanol–water partition coefficient (Wildman–Crippen LogP) is 4.32. The van der Waals surface area contributed by atoms with E-state index in [-0.39, 0.29) is 0 Å². The Balaban J connectivity index is 4.36. The molecule has 0 heterocycles. The van der Waals surface area contributed by atoms with Crippen LogP contribution in [0.15, 0.2) is 0 Å². The van der Waals surface area contributed by atoms with Gasteiger partial charge < -0.3 is 0 Å². The Bertz CT molecular complexity index is 151. The zero-order valence-corrected chi connectivity index (χ0v) is 11.9. The van der Waals surface area contributed by atoms with Gasteiger partial charge in [-0.2, -0.15) is 0 Å². The average molecular weight is 213 g/mol. The van der Waals surface area contributed by atoms with Crippen molar-refractivity contribution in [2.75, 3.05) is 0 Å². The largest absolute Gasteiger partial charge is 0.296 e. The lowest BCUT2D eigenvalue weighted by atomic mass is 9.99. The van der Waals surface area contributed by atoms with Crippen LogP contribution in [-0.4, -0.2) is 23.0 Å². The molecule has 0 N–H and O–H groups in total. The summed E-state index contributed by atoms with van der Waals surface area (Å²) >= 11 is 0. The van der Waals surface area contributed by atoms with Gasteiger partial charge in [-0.1, -0.05) is 27.2 Å². The van der Waals surface area contributed by atoms with E-state index in [9.17, 15) is 0 Å². The van der Waals surface area contributed by atoms with Crippen LogP contribution in [0.25, 0.3) is 0 Å². The van der Waals surface area contributed by atoms with E-state index in [1.807, 2.05) is 0 Å². The van der Waals surface area contributed by atoms with Crippen molar-refractivity contribution >= 4 is 0 Å². The molecule has 0 amide bonds. The minimum atomic E-state index is 0.667. The van der Waals surface area contributed by atoms with E-state index >= 15 is 0 Å². The third-order valence-corrected chi connectivity index (χ3v) is 3.13. The molecule has 15 heavy (non-hydrogen) atoms. The zero-order valence-electron chi connectivity index (χ0n) is 11.9. The third kappa shape index (κ3) is 5.55. The first-order valence-corrected chi connectivity index (χ1v) is 6.67. The van der Waals surface area contributed by atoms with Crippen molar-refractivity contribution in [1.29, 1.82) is 0 Å². The number of rotatable bonds is 7. The monoisotopic (exact) mass is 213 g/mol. The highest BCUT2D eigenvalue weighted by molar-refractivity contribution is 4.77. The van der Waals surface area contributed by atoms with Crippen LogP contribution in [0, 0.1) is 5.92 Å². The van der Waals surface area contributed by atoms with Crippen molar-refractivity contribution in [3.63, 3.8) is 0 Å². The first-order valence-electron chi connectivity index (χ1n) is 6.67. The van der Waals surface area contributed by atoms with Crippen LogP contribution >= 0.6 is 0 Å². The SMILES string of the molecule is CCCC(C)N(C(C)C)C(C)CC(C)C. The maximum atomic E-state index is 2.68. The summed E-state index contributed by atoms with van der Waals surface area (Å²) in [4.78, 5) is 2.68. The van der Waals surface area contributed by atoms with E-state index in [1.165, 1.54) is 19.3 Å². The predicted molar refractivity (Wildman–Crippen MR) is 70.3 cm³/mol. The lowest BCUT2D eigenvalue weighted by molar-refractivity contribution is 0.0939. The molecule has 0 aromatic rings. The topological polar surface area (TPSA) is 3.24 Å². The van der Waals surface area contributed by atoms with Gasteiger partial charge in [-0.05, 0) is 46.5 Å². The summed E-state index contributed by atoms with van der Waals surface area (Å²) < 4.78 is 0. The van der Waals surface area contributed by atoms with Crippen molar-refractivity contribution in [2.24, 2.45) is 5.92 Å². The van der Waals surface area contributed by atoms with Gasteiger partial charge in [0, 0.05) is 18.1 Å². The van der Waals surface area contributed by atoms with Gasteiger partial charge in [0.15, 0.2) is 0 Å². The van der Waals surface area contributed by atoms with Gasteiger partial charge in [-0.15, -0.1) is 0 Å². The highest BCUT2D eigenvalue weighted by Gasteiger charge is 2.22. The van der Waals surface area contributed by atoms with Crippen LogP contribution < -0.4 is 0 Å². The van der Waals surface area contributed by atoms with Crippen LogP contribution in [-0.2, 0) is 0 Å². The van der Waals surface area contributed by atoms with Crippen LogP contribution in [0.5, 0.6) is 0 Å². The Kier molecular flexibility index (Phi) is 7.25. The Hall–Kier alpha value is -0.0400. The lowest BCUT2D eigenvalue weighted by Crippen LogP contribution is -2.45. The highest BCUT2D eigenvalue weighted by atomic mass is 15.2. The fourth-order valence-electron chi connectivity index (χ4n) is 2.82. The van der Waals surface area contributed by atoms with Crippen LogP contribution in [0.3, 0.4) is 0 Å². The Morgan fingerprint density at radius 1 is 0.867 bits per heavy atom. The molecule has 0 fully saturated rings. The van der Waals surface area contributed by atoms with E-state index in [0.717, 1.165) is 12.0 Å². The van der Waals surface area contributed by atoms with Gasteiger partial charge in [-0.3, -0.25) is 4.90 Å². The van der Waals surface area contributed by atoms with Crippen molar-refractivity contribution in [2.45, 2.75) is 85.9 Å². The molecule has 0 aromatic heterocycles. The fourth-order valence-corrected chi connectivity index (χ4v) is 2.82. The quantitative estimate of drug-likeness (QED) is 0.609. The molecule has 0 aliphatic heterocycles. The summed E-state index contributed by atoms with van der Waals surface area (Å²) in [7, 11) is 0. The molecule has 0 aliphatic rings. The van der Waals surface area contributed by atoms with Crippen molar-refractivity contribution < 1.29 is 0 Å². The van der Waals surface area contributed by atoms with Gasteiger partial charge in [0.2, 0.25) is 0 Å². The Morgan fingerprint density at radius 3 is 1.73 bits per heavy atom. The maximum Gasteiger partial charge on any atom is 0.00748 e. The molecule has 2 atom stereocenters. The third-order valence-electron chi connectivity index (χ3n) is 3.13. The normalized spacial score (nSPS) is 16.4. The molecule has 0 aliphatic carbocycles. The molecule has 1 heteroatoms. The summed E-state index contributed by atoms with van der Waals surface area (Å²) in [5.41, 5.74) is 0.